The molecule has 1 amide bonds. The first-order valence-corrected chi connectivity index (χ1v) is 8.25. The number of hydrogen-bond acceptors (Lipinski definition) is 1. The van der Waals surface area contributed by atoms with E-state index in [-0.39, 0.29) is 5.82 Å². The summed E-state index contributed by atoms with van der Waals surface area (Å²) in [6.45, 7) is 0.293. The summed E-state index contributed by atoms with van der Waals surface area (Å²) < 4.78 is 11.4. The number of halogens is 4. The van der Waals surface area contributed by atoms with E-state index < -0.39 is 21.5 Å². The Bertz CT molecular complexity index is 706. The predicted molar refractivity (Wildman–Crippen MR) is 91.7 cm³/mol. The molecular weight excluding hydrogens is 360 g/mol. The first kappa shape index (κ1) is 16.6. The van der Waals surface area contributed by atoms with Crippen LogP contribution in [0.25, 0.3) is 0 Å². The third-order valence-electron chi connectivity index (χ3n) is 3.98. The Hall–Kier alpha value is -1.29. The van der Waals surface area contributed by atoms with Crippen molar-refractivity contribution in [2.75, 3.05) is 11.4 Å². The van der Waals surface area contributed by atoms with Crippen molar-refractivity contribution in [1.29, 1.82) is 0 Å². The zero-order valence-corrected chi connectivity index (χ0v) is 14.2. The minimum atomic E-state index is -1.63. The minimum Gasteiger partial charge on any atom is -0.309 e. The van der Waals surface area contributed by atoms with Crippen molar-refractivity contribution in [2.24, 2.45) is 5.92 Å². The van der Waals surface area contributed by atoms with Crippen LogP contribution in [0, 0.1) is 11.7 Å². The predicted octanol–water partition coefficient (Wildman–Crippen LogP) is 4.94. The van der Waals surface area contributed by atoms with E-state index in [9.17, 15) is 9.18 Å². The van der Waals surface area contributed by atoms with Crippen molar-refractivity contribution in [3.63, 3.8) is 0 Å². The van der Waals surface area contributed by atoms with Gasteiger partial charge in [0.25, 0.3) is 5.91 Å². The molecule has 0 saturated carbocycles. The lowest BCUT2D eigenvalue weighted by atomic mass is 9.97. The fraction of sp³-hybridized carbons (Fsp3) is 0.235. The fourth-order valence-corrected chi connectivity index (χ4v) is 3.86. The molecule has 1 saturated heterocycles. The van der Waals surface area contributed by atoms with Gasteiger partial charge in [-0.15, -0.1) is 11.6 Å². The van der Waals surface area contributed by atoms with Gasteiger partial charge in [0.2, 0.25) is 4.33 Å². The van der Waals surface area contributed by atoms with Crippen LogP contribution in [0.2, 0.25) is 0 Å². The molecule has 1 aliphatic rings. The van der Waals surface area contributed by atoms with Crippen molar-refractivity contribution in [3.8, 4) is 0 Å². The van der Waals surface area contributed by atoms with Crippen LogP contribution >= 0.6 is 34.8 Å². The average Bonchev–Trinajstić information content (AvgIpc) is 2.79. The second-order valence-electron chi connectivity index (χ2n) is 5.43. The van der Waals surface area contributed by atoms with Gasteiger partial charge in [-0.1, -0.05) is 53.5 Å². The Labute approximate surface area is 148 Å². The summed E-state index contributed by atoms with van der Waals surface area (Å²) in [5.41, 5.74) is 1.39. The molecule has 1 aliphatic heterocycles. The third-order valence-corrected chi connectivity index (χ3v) is 5.42. The highest BCUT2D eigenvalue weighted by Crippen LogP contribution is 2.48. The Morgan fingerprint density at radius 1 is 1.09 bits per heavy atom. The van der Waals surface area contributed by atoms with Gasteiger partial charge < -0.3 is 4.90 Å². The zero-order valence-electron chi connectivity index (χ0n) is 11.9. The Kier molecular flexibility index (Phi) is 4.54. The monoisotopic (exact) mass is 371 g/mol. The smallest absolute Gasteiger partial charge is 0.263 e. The first-order valence-electron chi connectivity index (χ1n) is 7.05. The fourth-order valence-electron chi connectivity index (χ4n) is 2.72. The molecule has 1 fully saturated rings. The number of nitrogens with zero attached hydrogens (tertiary/aromatic N) is 1. The highest BCUT2D eigenvalue weighted by atomic mass is 35.5. The number of anilines is 1. The van der Waals surface area contributed by atoms with Crippen LogP contribution in [0.3, 0.4) is 0 Å². The number of rotatable bonds is 3. The minimum absolute atomic E-state index is 0.293. The molecule has 2 aromatic rings. The standard InChI is InChI=1S/C17H13Cl3FNO/c18-15(11-6-8-12(21)9-7-11)14-10-22(16(23)17(14,19)20)13-4-2-1-3-5-13/h1-9,14-15H,10H2/t14-,15?/m1/s1. The maximum Gasteiger partial charge on any atom is 0.263 e. The summed E-state index contributed by atoms with van der Waals surface area (Å²) in [5.74, 6) is -1.27. The molecule has 120 valence electrons. The molecule has 0 aromatic heterocycles. The molecule has 6 heteroatoms. The van der Waals surface area contributed by atoms with Crippen LogP contribution in [-0.4, -0.2) is 16.8 Å². The van der Waals surface area contributed by atoms with Gasteiger partial charge in [0.05, 0.1) is 5.38 Å². The molecule has 2 atom stereocenters. The molecule has 0 aliphatic carbocycles. The van der Waals surface area contributed by atoms with Gasteiger partial charge in [-0.3, -0.25) is 4.79 Å². The Balaban J connectivity index is 1.90. The van der Waals surface area contributed by atoms with Crippen LogP contribution in [0.4, 0.5) is 10.1 Å². The van der Waals surface area contributed by atoms with E-state index in [1.54, 1.807) is 12.1 Å². The van der Waals surface area contributed by atoms with E-state index in [0.29, 0.717) is 17.8 Å². The molecule has 2 aromatic carbocycles. The second kappa shape index (κ2) is 6.31. The average molecular weight is 373 g/mol. The first-order chi connectivity index (χ1) is 10.9. The maximum absolute atomic E-state index is 13.1. The molecule has 0 bridgehead atoms. The largest absolute Gasteiger partial charge is 0.309 e. The quantitative estimate of drug-likeness (QED) is 0.699. The molecule has 3 rings (SSSR count). The zero-order chi connectivity index (χ0) is 16.6. The van der Waals surface area contributed by atoms with E-state index in [1.807, 2.05) is 30.3 Å². The van der Waals surface area contributed by atoms with Crippen LogP contribution in [0.15, 0.2) is 54.6 Å². The normalized spacial score (nSPS) is 21.5. The van der Waals surface area contributed by atoms with Crippen molar-refractivity contribution in [3.05, 3.63) is 66.0 Å². The topological polar surface area (TPSA) is 20.3 Å². The Morgan fingerprint density at radius 3 is 2.30 bits per heavy atom. The third kappa shape index (κ3) is 3.06. The van der Waals surface area contributed by atoms with E-state index >= 15 is 0 Å². The second-order valence-corrected chi connectivity index (χ2v) is 7.29. The number of amides is 1. The van der Waals surface area contributed by atoms with Crippen molar-refractivity contribution in [1.82, 2.24) is 0 Å². The summed E-state index contributed by atoms with van der Waals surface area (Å²) in [7, 11) is 0. The maximum atomic E-state index is 13.1. The summed E-state index contributed by atoms with van der Waals surface area (Å²) in [5, 5.41) is -0.608. The van der Waals surface area contributed by atoms with Gasteiger partial charge >= 0.3 is 0 Å². The van der Waals surface area contributed by atoms with Crippen molar-refractivity contribution < 1.29 is 9.18 Å². The van der Waals surface area contributed by atoms with E-state index in [2.05, 4.69) is 0 Å². The molecule has 2 nitrogen and oxygen atoms in total. The summed E-state index contributed by atoms with van der Waals surface area (Å²) in [4.78, 5) is 14.1. The SMILES string of the molecule is O=C1N(c2ccccc2)C[C@H](C(Cl)c2ccc(F)cc2)C1(Cl)Cl. The van der Waals surface area contributed by atoms with Crippen molar-refractivity contribution in [2.45, 2.75) is 9.71 Å². The molecule has 0 spiro atoms. The lowest BCUT2D eigenvalue weighted by molar-refractivity contribution is -0.118. The highest BCUT2D eigenvalue weighted by Gasteiger charge is 2.55. The number of carbonyl (C=O) groups excluding carboxylic acids is 1. The summed E-state index contributed by atoms with van der Waals surface area (Å²) >= 11 is 19.1. The van der Waals surface area contributed by atoms with Crippen LogP contribution < -0.4 is 4.90 Å². The van der Waals surface area contributed by atoms with E-state index in [0.717, 1.165) is 0 Å². The summed E-state index contributed by atoms with van der Waals surface area (Å²) in [6.07, 6.45) is 0. The number of benzene rings is 2. The lowest BCUT2D eigenvalue weighted by Gasteiger charge is -2.23. The van der Waals surface area contributed by atoms with Gasteiger partial charge in [-0.05, 0) is 29.8 Å². The van der Waals surface area contributed by atoms with Gasteiger partial charge in [0.15, 0.2) is 0 Å². The highest BCUT2D eigenvalue weighted by molar-refractivity contribution is 6.60. The molecule has 23 heavy (non-hydrogen) atoms. The van der Waals surface area contributed by atoms with Gasteiger partial charge in [0, 0.05) is 18.2 Å². The molecule has 0 N–H and O–H groups in total. The molecular formula is C17H13Cl3FNO. The van der Waals surface area contributed by atoms with Crippen LogP contribution in [0.1, 0.15) is 10.9 Å². The van der Waals surface area contributed by atoms with E-state index in [4.69, 9.17) is 34.8 Å². The Morgan fingerprint density at radius 2 is 1.70 bits per heavy atom. The van der Waals surface area contributed by atoms with Gasteiger partial charge in [0.1, 0.15) is 5.82 Å². The van der Waals surface area contributed by atoms with Crippen LogP contribution in [0.5, 0.6) is 0 Å². The number of para-hydroxylation sites is 1. The number of hydrogen-bond donors (Lipinski definition) is 0. The number of carbonyl (C=O) groups is 1. The van der Waals surface area contributed by atoms with Gasteiger partial charge in [-0.2, -0.15) is 0 Å². The molecule has 1 unspecified atom stereocenters. The van der Waals surface area contributed by atoms with Gasteiger partial charge in [-0.25, -0.2) is 4.39 Å². The molecule has 1 heterocycles. The summed E-state index contributed by atoms with van der Waals surface area (Å²) in [6, 6.07) is 14.9. The van der Waals surface area contributed by atoms with Crippen molar-refractivity contribution >= 4 is 46.4 Å². The van der Waals surface area contributed by atoms with Crippen LogP contribution in [-0.2, 0) is 4.79 Å². The number of alkyl halides is 3. The van der Waals surface area contributed by atoms with E-state index in [1.165, 1.54) is 17.0 Å². The lowest BCUT2D eigenvalue weighted by Crippen LogP contribution is -2.34. The molecule has 0 radical (unpaired) electrons.